The van der Waals surface area contributed by atoms with Crippen LogP contribution in [-0.2, 0) is 4.74 Å². The molecule has 0 aliphatic heterocycles. The summed E-state index contributed by atoms with van der Waals surface area (Å²) in [6.07, 6.45) is 0. The second-order valence-electron chi connectivity index (χ2n) is 4.68. The van der Waals surface area contributed by atoms with Gasteiger partial charge in [-0.15, -0.1) is 5.10 Å². The largest absolute Gasteiger partial charge is 0.461 e. The van der Waals surface area contributed by atoms with Crippen LogP contribution in [-0.4, -0.2) is 28.0 Å². The van der Waals surface area contributed by atoms with Crippen LogP contribution < -0.4 is 4.74 Å². The number of para-hydroxylation sites is 1. The molecule has 0 aliphatic rings. The Morgan fingerprint density at radius 2 is 1.70 bits per heavy atom. The average molecular weight is 309 g/mol. The summed E-state index contributed by atoms with van der Waals surface area (Å²) in [5, 5.41) is 10.3. The van der Waals surface area contributed by atoms with Gasteiger partial charge >= 0.3 is 5.97 Å². The van der Waals surface area contributed by atoms with Crippen molar-refractivity contribution in [1.82, 2.24) is 15.4 Å². The predicted octanol–water partition coefficient (Wildman–Crippen LogP) is 3.44. The summed E-state index contributed by atoms with van der Waals surface area (Å²) in [7, 11) is 0. The van der Waals surface area contributed by atoms with Crippen LogP contribution in [0.3, 0.4) is 0 Å². The molecular weight excluding hydrogens is 294 g/mol. The molecule has 2 aromatic carbocycles. The monoisotopic (exact) mass is 309 g/mol. The van der Waals surface area contributed by atoms with Crippen LogP contribution in [0.4, 0.5) is 0 Å². The SMILES string of the molecule is CCOC(=O)c1n[nH]nc1-c1ccc(Oc2ccccc2)cc1. The van der Waals surface area contributed by atoms with E-state index in [2.05, 4.69) is 15.4 Å². The number of ether oxygens (including phenoxy) is 2. The third-order valence-corrected chi connectivity index (χ3v) is 3.12. The molecule has 1 aromatic heterocycles. The molecule has 1 heterocycles. The van der Waals surface area contributed by atoms with Gasteiger partial charge in [-0.3, -0.25) is 0 Å². The molecule has 0 bridgehead atoms. The van der Waals surface area contributed by atoms with E-state index in [-0.39, 0.29) is 12.3 Å². The van der Waals surface area contributed by atoms with Crippen molar-refractivity contribution in [3.63, 3.8) is 0 Å². The molecule has 0 radical (unpaired) electrons. The summed E-state index contributed by atoms with van der Waals surface area (Å²) in [5.74, 6) is 0.955. The first-order valence-electron chi connectivity index (χ1n) is 7.19. The third kappa shape index (κ3) is 3.37. The molecule has 116 valence electrons. The number of hydrogen-bond donors (Lipinski definition) is 1. The number of aromatic nitrogens is 3. The van der Waals surface area contributed by atoms with Crippen molar-refractivity contribution in [2.45, 2.75) is 6.92 Å². The molecule has 3 rings (SSSR count). The molecule has 0 unspecified atom stereocenters. The minimum absolute atomic E-state index is 0.170. The van der Waals surface area contributed by atoms with Gasteiger partial charge in [0.05, 0.1) is 6.61 Å². The fourth-order valence-electron chi connectivity index (χ4n) is 2.08. The molecule has 6 nitrogen and oxygen atoms in total. The van der Waals surface area contributed by atoms with E-state index >= 15 is 0 Å². The van der Waals surface area contributed by atoms with Crippen molar-refractivity contribution in [3.8, 4) is 22.8 Å². The first-order valence-corrected chi connectivity index (χ1v) is 7.19. The Bertz CT molecular complexity index is 782. The van der Waals surface area contributed by atoms with Crippen molar-refractivity contribution < 1.29 is 14.3 Å². The van der Waals surface area contributed by atoms with Gasteiger partial charge < -0.3 is 9.47 Å². The van der Waals surface area contributed by atoms with Crippen LogP contribution in [0.5, 0.6) is 11.5 Å². The van der Waals surface area contributed by atoms with Crippen LogP contribution in [0.1, 0.15) is 17.4 Å². The van der Waals surface area contributed by atoms with Gasteiger partial charge in [0.1, 0.15) is 17.2 Å². The maximum Gasteiger partial charge on any atom is 0.361 e. The fraction of sp³-hybridized carbons (Fsp3) is 0.118. The number of aromatic amines is 1. The molecule has 0 amide bonds. The van der Waals surface area contributed by atoms with Gasteiger partial charge in [0, 0.05) is 5.56 Å². The quantitative estimate of drug-likeness (QED) is 0.730. The van der Waals surface area contributed by atoms with E-state index < -0.39 is 5.97 Å². The highest BCUT2D eigenvalue weighted by Crippen LogP contribution is 2.26. The number of carbonyl (C=O) groups excluding carboxylic acids is 1. The lowest BCUT2D eigenvalue weighted by Gasteiger charge is -2.06. The highest BCUT2D eigenvalue weighted by atomic mass is 16.5. The van der Waals surface area contributed by atoms with Crippen molar-refractivity contribution in [1.29, 1.82) is 0 Å². The zero-order chi connectivity index (χ0) is 16.1. The normalized spacial score (nSPS) is 10.3. The van der Waals surface area contributed by atoms with Crippen LogP contribution in [0.2, 0.25) is 0 Å². The Labute approximate surface area is 133 Å². The van der Waals surface area contributed by atoms with Gasteiger partial charge in [0.2, 0.25) is 0 Å². The number of esters is 1. The zero-order valence-electron chi connectivity index (χ0n) is 12.5. The van der Waals surface area contributed by atoms with Gasteiger partial charge in [0.25, 0.3) is 0 Å². The van der Waals surface area contributed by atoms with Crippen LogP contribution >= 0.6 is 0 Å². The Hall–Kier alpha value is -3.15. The summed E-state index contributed by atoms with van der Waals surface area (Å²) < 4.78 is 10.7. The van der Waals surface area contributed by atoms with Crippen LogP contribution in [0, 0.1) is 0 Å². The lowest BCUT2D eigenvalue weighted by Crippen LogP contribution is -2.06. The van der Waals surface area contributed by atoms with E-state index in [1.54, 1.807) is 6.92 Å². The Kier molecular flexibility index (Phi) is 4.33. The van der Waals surface area contributed by atoms with Gasteiger partial charge in [-0.2, -0.15) is 10.3 Å². The first kappa shape index (κ1) is 14.8. The van der Waals surface area contributed by atoms with Crippen molar-refractivity contribution in [2.24, 2.45) is 0 Å². The third-order valence-electron chi connectivity index (χ3n) is 3.12. The van der Waals surface area contributed by atoms with Gasteiger partial charge in [0.15, 0.2) is 5.69 Å². The molecule has 0 saturated carbocycles. The summed E-state index contributed by atoms with van der Waals surface area (Å²) in [5.41, 5.74) is 1.38. The molecule has 1 N–H and O–H groups in total. The smallest absolute Gasteiger partial charge is 0.361 e. The lowest BCUT2D eigenvalue weighted by atomic mass is 10.1. The second-order valence-corrected chi connectivity index (χ2v) is 4.68. The van der Waals surface area contributed by atoms with Gasteiger partial charge in [-0.25, -0.2) is 4.79 Å². The van der Waals surface area contributed by atoms with E-state index in [0.717, 1.165) is 11.3 Å². The molecule has 0 fully saturated rings. The van der Waals surface area contributed by atoms with E-state index in [0.29, 0.717) is 11.4 Å². The van der Waals surface area contributed by atoms with E-state index in [1.807, 2.05) is 54.6 Å². The Morgan fingerprint density at radius 3 is 2.39 bits per heavy atom. The number of benzene rings is 2. The standard InChI is InChI=1S/C17H15N3O3/c1-2-22-17(21)16-15(18-20-19-16)12-8-10-14(11-9-12)23-13-6-4-3-5-7-13/h3-11H,2H2,1H3,(H,18,19,20). The van der Waals surface area contributed by atoms with Crippen LogP contribution in [0.25, 0.3) is 11.3 Å². The highest BCUT2D eigenvalue weighted by Gasteiger charge is 2.18. The number of nitrogens with zero attached hydrogens (tertiary/aromatic N) is 2. The molecule has 0 spiro atoms. The van der Waals surface area contributed by atoms with Crippen molar-refractivity contribution in [2.75, 3.05) is 6.61 Å². The summed E-state index contributed by atoms with van der Waals surface area (Å²) in [6, 6.07) is 16.8. The predicted molar refractivity (Wildman–Crippen MR) is 84.3 cm³/mol. The Balaban J connectivity index is 1.80. The Morgan fingerprint density at radius 1 is 1.00 bits per heavy atom. The van der Waals surface area contributed by atoms with E-state index in [9.17, 15) is 4.79 Å². The first-order chi connectivity index (χ1) is 11.3. The summed E-state index contributed by atoms with van der Waals surface area (Å²) in [6.45, 7) is 2.03. The maximum atomic E-state index is 11.8. The maximum absolute atomic E-state index is 11.8. The minimum atomic E-state index is -0.499. The molecule has 0 atom stereocenters. The number of rotatable bonds is 5. The molecule has 0 aliphatic carbocycles. The number of nitrogens with one attached hydrogen (secondary N) is 1. The van der Waals surface area contributed by atoms with E-state index in [4.69, 9.17) is 9.47 Å². The second kappa shape index (κ2) is 6.74. The topological polar surface area (TPSA) is 77.1 Å². The molecule has 0 saturated heterocycles. The molecule has 23 heavy (non-hydrogen) atoms. The fourth-order valence-corrected chi connectivity index (χ4v) is 2.08. The molecule has 6 heteroatoms. The van der Waals surface area contributed by atoms with Crippen LogP contribution in [0.15, 0.2) is 54.6 Å². The molecule has 3 aromatic rings. The summed E-state index contributed by atoms with van der Waals surface area (Å²) >= 11 is 0. The van der Waals surface area contributed by atoms with Gasteiger partial charge in [-0.1, -0.05) is 18.2 Å². The van der Waals surface area contributed by atoms with Crippen molar-refractivity contribution >= 4 is 5.97 Å². The van der Waals surface area contributed by atoms with E-state index in [1.165, 1.54) is 0 Å². The highest BCUT2D eigenvalue weighted by molar-refractivity contribution is 5.93. The zero-order valence-corrected chi connectivity index (χ0v) is 12.5. The number of hydrogen-bond acceptors (Lipinski definition) is 5. The average Bonchev–Trinajstić information content (AvgIpc) is 3.06. The van der Waals surface area contributed by atoms with Gasteiger partial charge in [-0.05, 0) is 43.3 Å². The van der Waals surface area contributed by atoms with Crippen molar-refractivity contribution in [3.05, 3.63) is 60.3 Å². The lowest BCUT2D eigenvalue weighted by molar-refractivity contribution is 0.0520. The number of H-pyrrole nitrogens is 1. The minimum Gasteiger partial charge on any atom is -0.461 e. The number of carbonyl (C=O) groups is 1. The molecular formula is C17H15N3O3. The summed E-state index contributed by atoms with van der Waals surface area (Å²) in [4.78, 5) is 11.8.